The average molecular weight is 401 g/mol. The molecule has 0 atom stereocenters. The molecule has 0 saturated carbocycles. The van der Waals surface area contributed by atoms with Crippen LogP contribution in [0.3, 0.4) is 0 Å². The Morgan fingerprint density at radius 1 is 1.07 bits per heavy atom. The van der Waals surface area contributed by atoms with Gasteiger partial charge in [0.15, 0.2) is 4.96 Å². The Morgan fingerprint density at radius 2 is 1.82 bits per heavy atom. The van der Waals surface area contributed by atoms with Gasteiger partial charge in [0.1, 0.15) is 0 Å². The Balaban J connectivity index is 1.29. The highest BCUT2D eigenvalue weighted by Crippen LogP contribution is 2.18. The molecule has 8 heteroatoms. The molecule has 0 amide bonds. The fourth-order valence-electron chi connectivity index (χ4n) is 3.50. The van der Waals surface area contributed by atoms with Crippen molar-refractivity contribution >= 4 is 16.3 Å². The van der Waals surface area contributed by atoms with E-state index in [1.54, 1.807) is 22.1 Å². The predicted molar refractivity (Wildman–Crippen MR) is 112 cm³/mol. The Labute approximate surface area is 169 Å². The zero-order valence-corrected chi connectivity index (χ0v) is 17.7. The number of hydrogen-bond acceptors (Lipinski definition) is 6. The standard InChI is InChI=1S/C20H28N6OS/c1-20(2,3)17-4-5-18(27)26(22-17)11-10-23-6-8-24(9-7-23)14-16-15-25-12-13-28-19(25)21-16/h4-5,12-13,15H,6-11,14H2,1-3H3. The molecule has 28 heavy (non-hydrogen) atoms. The predicted octanol–water partition coefficient (Wildman–Crippen LogP) is 2.07. The van der Waals surface area contributed by atoms with E-state index >= 15 is 0 Å². The summed E-state index contributed by atoms with van der Waals surface area (Å²) in [5, 5.41) is 6.63. The quantitative estimate of drug-likeness (QED) is 0.656. The van der Waals surface area contributed by atoms with Gasteiger partial charge >= 0.3 is 0 Å². The molecule has 1 fully saturated rings. The number of piperazine rings is 1. The van der Waals surface area contributed by atoms with Crippen LogP contribution in [0.2, 0.25) is 0 Å². The molecule has 150 valence electrons. The van der Waals surface area contributed by atoms with Crippen molar-refractivity contribution in [2.45, 2.75) is 39.3 Å². The molecule has 0 bridgehead atoms. The number of aromatic nitrogens is 4. The first kappa shape index (κ1) is 19.3. The van der Waals surface area contributed by atoms with Gasteiger partial charge in [0, 0.05) is 68.5 Å². The van der Waals surface area contributed by atoms with Gasteiger partial charge in [-0.25, -0.2) is 9.67 Å². The Bertz CT molecular complexity index is 961. The molecule has 7 nitrogen and oxygen atoms in total. The van der Waals surface area contributed by atoms with E-state index in [-0.39, 0.29) is 11.0 Å². The van der Waals surface area contributed by atoms with Gasteiger partial charge in [0.2, 0.25) is 0 Å². The highest BCUT2D eigenvalue weighted by atomic mass is 32.1. The first-order valence-electron chi connectivity index (χ1n) is 9.83. The minimum Gasteiger partial charge on any atom is -0.299 e. The summed E-state index contributed by atoms with van der Waals surface area (Å²) in [5.74, 6) is 0. The van der Waals surface area contributed by atoms with E-state index in [4.69, 9.17) is 0 Å². The first-order chi connectivity index (χ1) is 13.4. The Kier molecular flexibility index (Phi) is 5.35. The van der Waals surface area contributed by atoms with Crippen molar-refractivity contribution in [3.05, 3.63) is 51.6 Å². The second-order valence-corrected chi connectivity index (χ2v) is 9.35. The topological polar surface area (TPSA) is 58.7 Å². The van der Waals surface area contributed by atoms with Crippen LogP contribution in [0.5, 0.6) is 0 Å². The lowest BCUT2D eigenvalue weighted by atomic mass is 9.92. The molecule has 0 N–H and O–H groups in total. The summed E-state index contributed by atoms with van der Waals surface area (Å²) in [7, 11) is 0. The molecule has 4 heterocycles. The van der Waals surface area contributed by atoms with Gasteiger partial charge in [0.25, 0.3) is 5.56 Å². The molecule has 0 radical (unpaired) electrons. The third-order valence-electron chi connectivity index (χ3n) is 5.26. The summed E-state index contributed by atoms with van der Waals surface area (Å²) < 4.78 is 3.71. The van der Waals surface area contributed by atoms with Crippen LogP contribution in [-0.4, -0.2) is 61.7 Å². The summed E-state index contributed by atoms with van der Waals surface area (Å²) >= 11 is 1.67. The molecule has 0 unspecified atom stereocenters. The van der Waals surface area contributed by atoms with Gasteiger partial charge in [-0.3, -0.25) is 19.0 Å². The third kappa shape index (κ3) is 4.34. The molecular weight excluding hydrogens is 372 g/mol. The molecular formula is C20H28N6OS. The van der Waals surface area contributed by atoms with Gasteiger partial charge in [-0.05, 0) is 6.07 Å². The molecule has 4 rings (SSSR count). The Hall–Kier alpha value is -2.03. The number of nitrogens with zero attached hydrogens (tertiary/aromatic N) is 6. The van der Waals surface area contributed by atoms with E-state index in [9.17, 15) is 4.79 Å². The monoisotopic (exact) mass is 400 g/mol. The second kappa shape index (κ2) is 7.77. The van der Waals surface area contributed by atoms with E-state index in [1.807, 2.05) is 6.07 Å². The van der Waals surface area contributed by atoms with E-state index in [0.717, 1.165) is 55.6 Å². The molecule has 0 spiro atoms. The van der Waals surface area contributed by atoms with Crippen LogP contribution in [0.15, 0.2) is 34.7 Å². The maximum Gasteiger partial charge on any atom is 0.266 e. The Morgan fingerprint density at radius 3 is 2.54 bits per heavy atom. The fraction of sp³-hybridized carbons (Fsp3) is 0.550. The van der Waals surface area contributed by atoms with Gasteiger partial charge in [-0.15, -0.1) is 11.3 Å². The molecule has 1 aliphatic rings. The van der Waals surface area contributed by atoms with Crippen molar-refractivity contribution in [3.8, 4) is 0 Å². The van der Waals surface area contributed by atoms with E-state index in [2.05, 4.69) is 62.8 Å². The van der Waals surface area contributed by atoms with Gasteiger partial charge in [-0.1, -0.05) is 20.8 Å². The second-order valence-electron chi connectivity index (χ2n) is 8.47. The van der Waals surface area contributed by atoms with Crippen LogP contribution in [0.25, 0.3) is 4.96 Å². The summed E-state index contributed by atoms with van der Waals surface area (Å²) in [6.45, 7) is 12.8. The van der Waals surface area contributed by atoms with E-state index < -0.39 is 0 Å². The zero-order valence-electron chi connectivity index (χ0n) is 16.8. The van der Waals surface area contributed by atoms with Crippen LogP contribution >= 0.6 is 11.3 Å². The third-order valence-corrected chi connectivity index (χ3v) is 6.03. The smallest absolute Gasteiger partial charge is 0.266 e. The van der Waals surface area contributed by atoms with Crippen LogP contribution < -0.4 is 5.56 Å². The summed E-state index contributed by atoms with van der Waals surface area (Å²) in [5.41, 5.74) is 2.02. The van der Waals surface area contributed by atoms with E-state index in [1.165, 1.54) is 0 Å². The highest BCUT2D eigenvalue weighted by molar-refractivity contribution is 7.15. The lowest BCUT2D eigenvalue weighted by molar-refractivity contribution is 0.121. The molecule has 0 aliphatic carbocycles. The normalized spacial score (nSPS) is 16.8. The van der Waals surface area contributed by atoms with Crippen LogP contribution in [0.4, 0.5) is 0 Å². The summed E-state index contributed by atoms with van der Waals surface area (Å²) in [4.78, 5) is 22.8. The van der Waals surface area contributed by atoms with Gasteiger partial charge in [-0.2, -0.15) is 5.10 Å². The van der Waals surface area contributed by atoms with Crippen molar-refractivity contribution in [2.24, 2.45) is 0 Å². The number of rotatable bonds is 5. The molecule has 0 aromatic carbocycles. The van der Waals surface area contributed by atoms with Crippen molar-refractivity contribution in [3.63, 3.8) is 0 Å². The fourth-order valence-corrected chi connectivity index (χ4v) is 4.22. The summed E-state index contributed by atoms with van der Waals surface area (Å²) in [6.07, 6.45) is 4.18. The van der Waals surface area contributed by atoms with Crippen LogP contribution in [0.1, 0.15) is 32.2 Å². The van der Waals surface area contributed by atoms with Crippen molar-refractivity contribution in [1.29, 1.82) is 0 Å². The maximum atomic E-state index is 12.1. The summed E-state index contributed by atoms with van der Waals surface area (Å²) in [6, 6.07) is 3.49. The lowest BCUT2D eigenvalue weighted by Crippen LogP contribution is -2.47. The van der Waals surface area contributed by atoms with Crippen molar-refractivity contribution in [1.82, 2.24) is 29.0 Å². The maximum absolute atomic E-state index is 12.1. The molecule has 3 aromatic rings. The van der Waals surface area contributed by atoms with E-state index in [0.29, 0.717) is 6.54 Å². The molecule has 1 aliphatic heterocycles. The largest absolute Gasteiger partial charge is 0.299 e. The van der Waals surface area contributed by atoms with Crippen LogP contribution in [0, 0.1) is 0 Å². The minimum absolute atomic E-state index is 0.0219. The lowest BCUT2D eigenvalue weighted by Gasteiger charge is -2.34. The SMILES string of the molecule is CC(C)(C)c1ccc(=O)n(CCN2CCN(Cc3cn4ccsc4n3)CC2)n1. The van der Waals surface area contributed by atoms with Crippen molar-refractivity contribution < 1.29 is 0 Å². The average Bonchev–Trinajstić information content (AvgIpc) is 3.23. The molecule has 3 aromatic heterocycles. The van der Waals surface area contributed by atoms with Gasteiger partial charge < -0.3 is 0 Å². The number of hydrogen-bond donors (Lipinski definition) is 0. The zero-order chi connectivity index (χ0) is 19.7. The number of thiazole rings is 1. The minimum atomic E-state index is -0.0529. The van der Waals surface area contributed by atoms with Crippen LogP contribution in [-0.2, 0) is 18.5 Å². The number of imidazole rings is 1. The van der Waals surface area contributed by atoms with Crippen molar-refractivity contribution in [2.75, 3.05) is 32.7 Å². The highest BCUT2D eigenvalue weighted by Gasteiger charge is 2.19. The first-order valence-corrected chi connectivity index (χ1v) is 10.7. The number of fused-ring (bicyclic) bond motifs is 1. The van der Waals surface area contributed by atoms with Gasteiger partial charge in [0.05, 0.1) is 17.9 Å². The molecule has 1 saturated heterocycles.